The second-order valence-electron chi connectivity index (χ2n) is 11.9. The maximum absolute atomic E-state index is 12.6. The van der Waals surface area contributed by atoms with E-state index in [-0.39, 0.29) is 19.6 Å². The molecule has 0 aromatic heterocycles. The number of hydrogen-bond acceptors (Lipinski definition) is 9. The van der Waals surface area contributed by atoms with Crippen molar-refractivity contribution >= 4 is 5.97 Å². The van der Waals surface area contributed by atoms with E-state index in [1.807, 2.05) is 12.2 Å². The number of aliphatic hydroxyl groups is 4. The second kappa shape index (κ2) is 29.3. The van der Waals surface area contributed by atoms with Gasteiger partial charge >= 0.3 is 5.97 Å². The van der Waals surface area contributed by atoms with Crippen LogP contribution >= 0.6 is 0 Å². The van der Waals surface area contributed by atoms with Crippen LogP contribution in [0.1, 0.15) is 117 Å². The highest BCUT2D eigenvalue weighted by atomic mass is 16.7. The zero-order valence-electron chi connectivity index (χ0n) is 28.6. The van der Waals surface area contributed by atoms with Gasteiger partial charge in [-0.25, -0.2) is 0 Å². The van der Waals surface area contributed by atoms with Gasteiger partial charge < -0.3 is 39.4 Å². The highest BCUT2D eigenvalue weighted by Gasteiger charge is 2.44. The summed E-state index contributed by atoms with van der Waals surface area (Å²) in [6, 6.07) is 0. The van der Waals surface area contributed by atoms with Gasteiger partial charge in [-0.15, -0.1) is 0 Å². The van der Waals surface area contributed by atoms with Gasteiger partial charge in [-0.3, -0.25) is 4.79 Å². The number of ether oxygens (including phenoxy) is 4. The van der Waals surface area contributed by atoms with E-state index >= 15 is 0 Å². The Hall–Kier alpha value is -1.85. The number of allylic oxidation sites excluding steroid dienone is 8. The van der Waals surface area contributed by atoms with E-state index < -0.39 is 49.4 Å². The van der Waals surface area contributed by atoms with Gasteiger partial charge in [-0.2, -0.15) is 0 Å². The summed E-state index contributed by atoms with van der Waals surface area (Å²) in [6.45, 7) is 4.31. The first-order valence-electron chi connectivity index (χ1n) is 17.7. The largest absolute Gasteiger partial charge is 0.457 e. The molecule has 1 heterocycles. The molecule has 1 saturated heterocycles. The first kappa shape index (κ1) is 42.2. The van der Waals surface area contributed by atoms with Crippen molar-refractivity contribution in [1.82, 2.24) is 0 Å². The molecule has 1 rings (SSSR count). The molecule has 266 valence electrons. The fourth-order valence-corrected chi connectivity index (χ4v) is 4.97. The van der Waals surface area contributed by atoms with Crippen LogP contribution in [0.4, 0.5) is 0 Å². The fourth-order valence-electron chi connectivity index (χ4n) is 4.97. The van der Waals surface area contributed by atoms with Gasteiger partial charge in [0.2, 0.25) is 0 Å². The molecule has 1 aliphatic heterocycles. The Morgan fingerprint density at radius 2 is 1.28 bits per heavy atom. The smallest absolute Gasteiger partial charge is 0.306 e. The van der Waals surface area contributed by atoms with Gasteiger partial charge in [-0.05, 0) is 38.5 Å². The van der Waals surface area contributed by atoms with Gasteiger partial charge in [0.1, 0.15) is 30.5 Å². The van der Waals surface area contributed by atoms with Gasteiger partial charge in [0.15, 0.2) is 6.29 Å². The van der Waals surface area contributed by atoms with Crippen LogP contribution in [0.5, 0.6) is 0 Å². The van der Waals surface area contributed by atoms with E-state index in [0.29, 0.717) is 13.0 Å². The maximum Gasteiger partial charge on any atom is 0.306 e. The van der Waals surface area contributed by atoms with Gasteiger partial charge in [0.05, 0.1) is 19.8 Å². The molecule has 0 spiro atoms. The zero-order valence-corrected chi connectivity index (χ0v) is 28.6. The normalized spacial score (nSPS) is 23.0. The predicted octanol–water partition coefficient (Wildman–Crippen LogP) is 6.24. The Kier molecular flexibility index (Phi) is 26.9. The van der Waals surface area contributed by atoms with Crippen molar-refractivity contribution in [2.45, 2.75) is 153 Å². The Labute approximate surface area is 278 Å². The van der Waals surface area contributed by atoms with Crippen LogP contribution in [0.3, 0.4) is 0 Å². The molecule has 0 aromatic carbocycles. The number of hydrogen-bond donors (Lipinski definition) is 4. The third kappa shape index (κ3) is 21.1. The van der Waals surface area contributed by atoms with Crippen molar-refractivity contribution in [2.24, 2.45) is 0 Å². The molecule has 1 fully saturated rings. The average Bonchev–Trinajstić information content (AvgIpc) is 3.05. The SMILES string of the molecule is CC/C=C\C/C=C\C/C=C\C/C=C\CCC(=O)OC(COCCCCCCCCCCCC)COC1OC(CO)C(O)C(O)C1O. The molecule has 4 N–H and O–H groups in total. The monoisotopic (exact) mass is 652 g/mol. The van der Waals surface area contributed by atoms with Gasteiger partial charge in [0.25, 0.3) is 0 Å². The van der Waals surface area contributed by atoms with Crippen molar-refractivity contribution < 1.29 is 44.2 Å². The zero-order chi connectivity index (χ0) is 33.7. The minimum atomic E-state index is -1.55. The number of carbonyl (C=O) groups excluding carboxylic acids is 1. The first-order valence-corrected chi connectivity index (χ1v) is 17.7. The van der Waals surface area contributed by atoms with Crippen LogP contribution in [0, 0.1) is 0 Å². The van der Waals surface area contributed by atoms with E-state index in [2.05, 4.69) is 50.3 Å². The minimum Gasteiger partial charge on any atom is -0.457 e. The highest BCUT2D eigenvalue weighted by molar-refractivity contribution is 5.69. The Bertz CT molecular complexity index is 839. The van der Waals surface area contributed by atoms with Gasteiger partial charge in [0, 0.05) is 13.0 Å². The lowest BCUT2D eigenvalue weighted by atomic mass is 9.99. The summed E-state index contributed by atoms with van der Waals surface area (Å²) in [5.41, 5.74) is 0. The quantitative estimate of drug-likeness (QED) is 0.0440. The van der Waals surface area contributed by atoms with Crippen LogP contribution in [-0.4, -0.2) is 89.6 Å². The molecule has 6 atom stereocenters. The number of aliphatic hydroxyl groups excluding tert-OH is 4. The van der Waals surface area contributed by atoms with E-state index in [0.717, 1.165) is 38.5 Å². The van der Waals surface area contributed by atoms with E-state index in [9.17, 15) is 25.2 Å². The number of esters is 1. The lowest BCUT2D eigenvalue weighted by Crippen LogP contribution is -2.59. The topological polar surface area (TPSA) is 135 Å². The molecule has 0 amide bonds. The molecule has 0 saturated carbocycles. The summed E-state index contributed by atoms with van der Waals surface area (Å²) >= 11 is 0. The van der Waals surface area contributed by atoms with Crippen molar-refractivity contribution in [3.63, 3.8) is 0 Å². The molecule has 46 heavy (non-hydrogen) atoms. The highest BCUT2D eigenvalue weighted by Crippen LogP contribution is 2.22. The fraction of sp³-hybridized carbons (Fsp3) is 0.757. The van der Waals surface area contributed by atoms with E-state index in [4.69, 9.17) is 18.9 Å². The Morgan fingerprint density at radius 3 is 1.87 bits per heavy atom. The number of carbonyl (C=O) groups is 1. The lowest BCUT2D eigenvalue weighted by Gasteiger charge is -2.39. The first-order chi connectivity index (χ1) is 22.4. The Balaban J connectivity index is 2.43. The van der Waals surface area contributed by atoms with Crippen LogP contribution in [0.15, 0.2) is 48.6 Å². The minimum absolute atomic E-state index is 0.116. The molecular weight excluding hydrogens is 588 g/mol. The van der Waals surface area contributed by atoms with Crippen molar-refractivity contribution in [3.05, 3.63) is 48.6 Å². The molecule has 0 aromatic rings. The van der Waals surface area contributed by atoms with Gasteiger partial charge in [-0.1, -0.05) is 120 Å². The molecule has 9 heteroatoms. The molecule has 1 aliphatic rings. The summed E-state index contributed by atoms with van der Waals surface area (Å²) in [5, 5.41) is 39.8. The van der Waals surface area contributed by atoms with Crippen molar-refractivity contribution in [1.29, 1.82) is 0 Å². The predicted molar refractivity (Wildman–Crippen MR) is 182 cm³/mol. The summed E-state index contributed by atoms with van der Waals surface area (Å²) in [7, 11) is 0. The summed E-state index contributed by atoms with van der Waals surface area (Å²) in [6.07, 6.45) is 25.8. The maximum atomic E-state index is 12.6. The average molecular weight is 653 g/mol. The molecular formula is C37H64O9. The third-order valence-corrected chi connectivity index (χ3v) is 7.77. The Morgan fingerprint density at radius 1 is 0.717 bits per heavy atom. The second-order valence-corrected chi connectivity index (χ2v) is 11.9. The summed E-state index contributed by atoms with van der Waals surface area (Å²) in [5.74, 6) is -0.396. The number of rotatable bonds is 28. The number of unbranched alkanes of at least 4 members (excludes halogenated alkanes) is 9. The molecule has 0 aliphatic carbocycles. The van der Waals surface area contributed by atoms with Crippen LogP contribution in [0.25, 0.3) is 0 Å². The van der Waals surface area contributed by atoms with Crippen LogP contribution in [0.2, 0.25) is 0 Å². The van der Waals surface area contributed by atoms with E-state index in [1.54, 1.807) is 0 Å². The third-order valence-electron chi connectivity index (χ3n) is 7.77. The van der Waals surface area contributed by atoms with Crippen LogP contribution in [-0.2, 0) is 23.7 Å². The molecule has 6 unspecified atom stereocenters. The van der Waals surface area contributed by atoms with E-state index in [1.165, 1.54) is 51.4 Å². The van der Waals surface area contributed by atoms with Crippen molar-refractivity contribution in [2.75, 3.05) is 26.4 Å². The summed E-state index contributed by atoms with van der Waals surface area (Å²) in [4.78, 5) is 12.6. The standard InChI is InChI=1S/C37H64O9/c1-3-5-7-9-11-13-15-16-17-18-20-22-24-26-33(39)45-31(29-43-27-25-23-21-19-14-12-10-8-6-4-2)30-44-37-36(42)35(41)34(40)32(28-38)46-37/h5,7,11,13,16-17,20,22,31-32,34-38,40-42H,3-4,6,8-10,12,14-15,18-19,21,23-30H2,1-2H3/b7-5-,13-11-,17-16-,22-20-. The summed E-state index contributed by atoms with van der Waals surface area (Å²) < 4.78 is 22.5. The lowest BCUT2D eigenvalue weighted by molar-refractivity contribution is -0.305. The molecule has 9 nitrogen and oxygen atoms in total. The van der Waals surface area contributed by atoms with Crippen LogP contribution < -0.4 is 0 Å². The molecule has 0 radical (unpaired) electrons. The molecule has 0 bridgehead atoms. The van der Waals surface area contributed by atoms with Crippen molar-refractivity contribution in [3.8, 4) is 0 Å².